The molecule has 3 heteroatoms. The highest BCUT2D eigenvalue weighted by molar-refractivity contribution is 7.26. The van der Waals surface area contributed by atoms with E-state index >= 15 is 0 Å². The molecule has 11 aromatic rings. The number of thiophene rings is 3. The molecular formula is C48H28S3. The van der Waals surface area contributed by atoms with Crippen LogP contribution in [0.25, 0.3) is 108 Å². The van der Waals surface area contributed by atoms with Crippen LogP contribution < -0.4 is 0 Å². The van der Waals surface area contributed by atoms with Gasteiger partial charge < -0.3 is 0 Å². The molecule has 0 unspecified atom stereocenters. The van der Waals surface area contributed by atoms with E-state index in [1.807, 2.05) is 11.3 Å². The van der Waals surface area contributed by atoms with Crippen LogP contribution in [0.1, 0.15) is 0 Å². The summed E-state index contributed by atoms with van der Waals surface area (Å²) in [5.41, 5.74) is 10.4. The molecule has 3 heterocycles. The van der Waals surface area contributed by atoms with Crippen LogP contribution in [0.2, 0.25) is 0 Å². The Kier molecular flexibility index (Phi) is 6.57. The van der Waals surface area contributed by atoms with Gasteiger partial charge in [-0.2, -0.15) is 22.7 Å². The fourth-order valence-corrected chi connectivity index (χ4v) is 10.9. The van der Waals surface area contributed by atoms with E-state index < -0.39 is 0 Å². The zero-order valence-electron chi connectivity index (χ0n) is 27.4. The molecule has 11 rings (SSSR count). The van der Waals surface area contributed by atoms with Gasteiger partial charge in [-0.1, -0.05) is 115 Å². The average Bonchev–Trinajstić information content (AvgIpc) is 3.98. The summed E-state index contributed by atoms with van der Waals surface area (Å²) in [6, 6.07) is 54.5. The van der Waals surface area contributed by atoms with E-state index in [0.29, 0.717) is 0 Å². The second-order valence-corrected chi connectivity index (χ2v) is 15.8. The molecule has 0 spiro atoms. The highest BCUT2D eigenvalue weighted by atomic mass is 32.1. The zero-order valence-corrected chi connectivity index (χ0v) is 29.8. The molecule has 51 heavy (non-hydrogen) atoms. The van der Waals surface area contributed by atoms with Gasteiger partial charge in [0.05, 0.1) is 0 Å². The third-order valence-electron chi connectivity index (χ3n) is 10.5. The molecule has 0 aliphatic carbocycles. The molecule has 0 nitrogen and oxygen atoms in total. The Bertz CT molecular complexity index is 3010. The number of rotatable bonds is 4. The molecule has 0 atom stereocenters. The Balaban J connectivity index is 1.24. The molecule has 0 radical (unpaired) electrons. The van der Waals surface area contributed by atoms with Gasteiger partial charge in [0.1, 0.15) is 0 Å². The van der Waals surface area contributed by atoms with Gasteiger partial charge in [-0.25, -0.2) is 0 Å². The third-order valence-corrected chi connectivity index (χ3v) is 13.0. The highest BCUT2D eigenvalue weighted by Gasteiger charge is 2.21. The number of hydrogen-bond acceptors (Lipinski definition) is 3. The Hall–Kier alpha value is -5.58. The Morgan fingerprint density at radius 1 is 0.314 bits per heavy atom. The quantitative estimate of drug-likeness (QED) is 0.160. The fraction of sp³-hybridized carbons (Fsp3) is 0. The number of benzene rings is 8. The number of hydrogen-bond donors (Lipinski definition) is 0. The van der Waals surface area contributed by atoms with Crippen LogP contribution in [-0.4, -0.2) is 0 Å². The maximum absolute atomic E-state index is 2.47. The smallest absolute Gasteiger partial charge is 0.0361 e. The summed E-state index contributed by atoms with van der Waals surface area (Å²) in [6.45, 7) is 0. The molecule has 238 valence electrons. The number of fused-ring (bicyclic) bond motifs is 7. The van der Waals surface area contributed by atoms with Crippen molar-refractivity contribution >= 4 is 97.3 Å². The zero-order chi connectivity index (χ0) is 33.5. The Morgan fingerprint density at radius 2 is 0.765 bits per heavy atom. The van der Waals surface area contributed by atoms with Gasteiger partial charge in [0.25, 0.3) is 0 Å². The summed E-state index contributed by atoms with van der Waals surface area (Å²) in [6.07, 6.45) is 0. The van der Waals surface area contributed by atoms with Crippen molar-refractivity contribution in [2.75, 3.05) is 0 Å². The Labute approximate surface area is 307 Å². The van der Waals surface area contributed by atoms with Gasteiger partial charge in [-0.3, -0.25) is 0 Å². The van der Waals surface area contributed by atoms with Gasteiger partial charge in [-0.05, 0) is 139 Å². The predicted molar refractivity (Wildman–Crippen MR) is 227 cm³/mol. The molecule has 0 fully saturated rings. The molecule has 0 N–H and O–H groups in total. The SMILES string of the molecule is c1cc(-c2c3ccccc3c(-c3ccsc3)c3ccccc23)c2c(c1)sc1ccc(-c3c4ccccc4c(-c4ccsc4)c4ccccc34)cc12. The maximum atomic E-state index is 2.47. The van der Waals surface area contributed by atoms with Crippen LogP contribution in [0.5, 0.6) is 0 Å². The van der Waals surface area contributed by atoms with Crippen LogP contribution in [0.4, 0.5) is 0 Å². The highest BCUT2D eigenvalue weighted by Crippen LogP contribution is 2.50. The minimum Gasteiger partial charge on any atom is -0.152 e. The molecule has 0 amide bonds. The van der Waals surface area contributed by atoms with E-state index in [4.69, 9.17) is 0 Å². The van der Waals surface area contributed by atoms with Crippen LogP contribution in [0.15, 0.2) is 167 Å². The first-order valence-electron chi connectivity index (χ1n) is 17.2. The van der Waals surface area contributed by atoms with Crippen LogP contribution in [0.3, 0.4) is 0 Å². The van der Waals surface area contributed by atoms with Crippen molar-refractivity contribution in [1.29, 1.82) is 0 Å². The lowest BCUT2D eigenvalue weighted by Crippen LogP contribution is -1.91. The summed E-state index contributed by atoms with van der Waals surface area (Å²) in [5.74, 6) is 0. The van der Waals surface area contributed by atoms with E-state index in [9.17, 15) is 0 Å². The summed E-state index contributed by atoms with van der Waals surface area (Å²) >= 11 is 5.41. The van der Waals surface area contributed by atoms with E-state index in [1.54, 1.807) is 22.7 Å². The lowest BCUT2D eigenvalue weighted by molar-refractivity contribution is 1.71. The van der Waals surface area contributed by atoms with Gasteiger partial charge in [-0.15, -0.1) is 11.3 Å². The van der Waals surface area contributed by atoms with Crippen molar-refractivity contribution in [3.63, 3.8) is 0 Å². The van der Waals surface area contributed by atoms with Crippen molar-refractivity contribution in [3.05, 3.63) is 167 Å². The molecule has 3 aromatic heterocycles. The van der Waals surface area contributed by atoms with E-state index in [-0.39, 0.29) is 0 Å². The van der Waals surface area contributed by atoms with Crippen molar-refractivity contribution in [1.82, 2.24) is 0 Å². The summed E-state index contributed by atoms with van der Waals surface area (Å²) in [7, 11) is 0. The predicted octanol–water partition coefficient (Wildman–Crippen LogP) is 15.5. The van der Waals surface area contributed by atoms with Crippen molar-refractivity contribution < 1.29 is 0 Å². The van der Waals surface area contributed by atoms with Crippen LogP contribution >= 0.6 is 34.0 Å². The second kappa shape index (κ2) is 11.5. The fourth-order valence-electron chi connectivity index (χ4n) is 8.48. The molecule has 0 saturated carbocycles. The topological polar surface area (TPSA) is 0 Å². The van der Waals surface area contributed by atoms with Gasteiger partial charge in [0, 0.05) is 20.2 Å². The molecule has 8 aromatic carbocycles. The lowest BCUT2D eigenvalue weighted by atomic mass is 9.85. The maximum Gasteiger partial charge on any atom is 0.0361 e. The molecule has 0 aliphatic rings. The largest absolute Gasteiger partial charge is 0.152 e. The van der Waals surface area contributed by atoms with Crippen molar-refractivity contribution in [2.45, 2.75) is 0 Å². The van der Waals surface area contributed by atoms with E-state index in [1.165, 1.54) is 108 Å². The molecule has 0 aliphatic heterocycles. The first kappa shape index (κ1) is 29.2. The van der Waals surface area contributed by atoms with Crippen molar-refractivity contribution in [2.24, 2.45) is 0 Å². The molecule has 0 saturated heterocycles. The minimum absolute atomic E-state index is 1.25. The monoisotopic (exact) mass is 700 g/mol. The second-order valence-electron chi connectivity index (χ2n) is 13.2. The van der Waals surface area contributed by atoms with E-state index in [0.717, 1.165) is 0 Å². The average molecular weight is 701 g/mol. The lowest BCUT2D eigenvalue weighted by Gasteiger charge is -2.18. The summed E-state index contributed by atoms with van der Waals surface area (Å²) < 4.78 is 2.63. The summed E-state index contributed by atoms with van der Waals surface area (Å²) in [4.78, 5) is 0. The molecular weight excluding hydrogens is 673 g/mol. The third kappa shape index (κ3) is 4.36. The first-order valence-corrected chi connectivity index (χ1v) is 19.9. The van der Waals surface area contributed by atoms with Gasteiger partial charge >= 0.3 is 0 Å². The normalized spacial score (nSPS) is 11.9. The van der Waals surface area contributed by atoms with Gasteiger partial charge in [0.2, 0.25) is 0 Å². The van der Waals surface area contributed by atoms with Crippen molar-refractivity contribution in [3.8, 4) is 44.5 Å². The summed E-state index contributed by atoms with van der Waals surface area (Å²) in [5, 5.41) is 21.9. The van der Waals surface area contributed by atoms with Crippen LogP contribution in [0, 0.1) is 0 Å². The van der Waals surface area contributed by atoms with Crippen LogP contribution in [-0.2, 0) is 0 Å². The van der Waals surface area contributed by atoms with Gasteiger partial charge in [0.15, 0.2) is 0 Å². The Morgan fingerprint density at radius 3 is 1.22 bits per heavy atom. The van der Waals surface area contributed by atoms with E-state index in [2.05, 4.69) is 167 Å². The standard InChI is InChI=1S/C48H28S3/c1-3-12-34-32(10-1)44(33-11-2-4-13-35(33)45(34)30-22-24-49-27-30)29-20-21-42-41(26-29)48-40(18-9-19-43(48)51-42)47-38-16-7-5-14-36(38)46(31-23-25-50-28-31)37-15-6-8-17-39(37)47/h1-28H. The minimum atomic E-state index is 1.25. The molecule has 0 bridgehead atoms. The first-order chi connectivity index (χ1) is 25.3.